The maximum absolute atomic E-state index is 11.9. The van der Waals surface area contributed by atoms with Crippen LogP contribution in [0.5, 0.6) is 0 Å². The van der Waals surface area contributed by atoms with Gasteiger partial charge >= 0.3 is 0 Å². The van der Waals surface area contributed by atoms with Crippen molar-refractivity contribution in [2.75, 3.05) is 22.7 Å². The van der Waals surface area contributed by atoms with Gasteiger partial charge in [-0.2, -0.15) is 0 Å². The first-order valence-corrected chi connectivity index (χ1v) is 13.7. The number of nitrogens with zero attached hydrogens (tertiary/aromatic N) is 4. The number of anilines is 2. The van der Waals surface area contributed by atoms with Gasteiger partial charge in [-0.05, 0) is 36.4 Å². The van der Waals surface area contributed by atoms with Crippen molar-refractivity contribution in [2.24, 2.45) is 0 Å². The minimum Gasteiger partial charge on any atom is -1.00 e. The fourth-order valence-corrected chi connectivity index (χ4v) is 4.32. The van der Waals surface area contributed by atoms with E-state index in [0.717, 1.165) is 11.4 Å². The molecule has 0 aliphatic carbocycles. The average molecular weight is 724 g/mol. The van der Waals surface area contributed by atoms with E-state index in [1.54, 1.807) is 36.4 Å². The summed E-state index contributed by atoms with van der Waals surface area (Å²) in [6, 6.07) is 15.6. The molecule has 0 bridgehead atoms. The highest BCUT2D eigenvalue weighted by atomic mass is 79.9. The molecule has 4 aromatic rings. The van der Waals surface area contributed by atoms with Crippen LogP contribution in [0.25, 0.3) is 0 Å². The normalized spacial score (nSPS) is 10.2. The maximum atomic E-state index is 11.9. The van der Waals surface area contributed by atoms with Crippen LogP contribution in [0.2, 0.25) is 0 Å². The zero-order valence-electron chi connectivity index (χ0n) is 20.8. The van der Waals surface area contributed by atoms with Crippen LogP contribution < -0.4 is 54.9 Å². The van der Waals surface area contributed by atoms with Crippen LogP contribution in [0.3, 0.4) is 0 Å². The SMILES string of the molecule is OCCO.[Br-].[Br-].[NH3+]c1ccc(S(=O)(=O)Nc2ncccn2)cc1.[NH3+]c1ccc(S(=O)(=O)Nc2ncccn2)cc1. The molecule has 2 aromatic carbocycles. The molecule has 18 heteroatoms. The Hall–Kier alpha value is -3.10. The first-order valence-electron chi connectivity index (χ1n) is 10.7. The van der Waals surface area contributed by atoms with E-state index >= 15 is 0 Å². The molecule has 0 aliphatic heterocycles. The van der Waals surface area contributed by atoms with E-state index in [9.17, 15) is 16.8 Å². The number of hydrogen-bond donors (Lipinski definition) is 6. The van der Waals surface area contributed by atoms with Gasteiger partial charge in [0.2, 0.25) is 11.9 Å². The minimum atomic E-state index is -3.63. The quantitative estimate of drug-likeness (QED) is 0.105. The maximum Gasteiger partial charge on any atom is 0.264 e. The predicted molar refractivity (Wildman–Crippen MR) is 138 cm³/mol. The predicted octanol–water partition coefficient (Wildman–Crippen LogP) is -6.72. The molecule has 14 nitrogen and oxygen atoms in total. The summed E-state index contributed by atoms with van der Waals surface area (Å²) in [5.41, 5.74) is 8.88. The Kier molecular flexibility index (Phi) is 16.9. The van der Waals surface area contributed by atoms with Crippen LogP contribution in [-0.2, 0) is 20.0 Å². The Balaban J connectivity index is 0.000000643. The standard InChI is InChI=1S/2C10H10N4O2S.C2H6O2.2BrH/c2*11-8-2-4-9(5-3-8)17(15,16)14-10-12-6-1-7-13-10;3-1-2-4;;/h2*1-7H,11H2,(H,12,13,14);3-4H,1-2H2;2*1H. The lowest BCUT2D eigenvalue weighted by molar-refractivity contribution is -0.255. The molecule has 0 fully saturated rings. The number of nitrogens with one attached hydrogen (secondary N) is 2. The second-order valence-corrected chi connectivity index (χ2v) is 10.5. The van der Waals surface area contributed by atoms with Gasteiger partial charge in [0, 0.05) is 49.1 Å². The van der Waals surface area contributed by atoms with Gasteiger partial charge in [0.25, 0.3) is 20.0 Å². The van der Waals surface area contributed by atoms with Crippen molar-refractivity contribution in [3.05, 3.63) is 85.5 Å². The lowest BCUT2D eigenvalue weighted by Gasteiger charge is -2.05. The molecule has 2 heterocycles. The third-order valence-electron chi connectivity index (χ3n) is 4.15. The van der Waals surface area contributed by atoms with Gasteiger partial charge in [0.15, 0.2) is 0 Å². The molecular weight excluding hydrogens is 696 g/mol. The van der Waals surface area contributed by atoms with Gasteiger partial charge in [0.1, 0.15) is 11.4 Å². The average Bonchev–Trinajstić information content (AvgIpc) is 2.90. The molecule has 0 radical (unpaired) electrons. The topological polar surface area (TPSA) is 240 Å². The summed E-state index contributed by atoms with van der Waals surface area (Å²) in [4.78, 5) is 15.5. The highest BCUT2D eigenvalue weighted by Gasteiger charge is 2.16. The second kappa shape index (κ2) is 18.3. The molecule has 40 heavy (non-hydrogen) atoms. The molecule has 2 aromatic heterocycles. The molecule has 10 N–H and O–H groups in total. The van der Waals surface area contributed by atoms with Crippen LogP contribution in [0.1, 0.15) is 0 Å². The second-order valence-electron chi connectivity index (χ2n) is 7.09. The number of rotatable bonds is 7. The number of quaternary nitrogens is 2. The van der Waals surface area contributed by atoms with Crippen molar-refractivity contribution in [2.45, 2.75) is 9.79 Å². The number of benzene rings is 2. The molecule has 0 amide bonds. The Bertz CT molecular complexity index is 1350. The van der Waals surface area contributed by atoms with Crippen molar-refractivity contribution in [3.8, 4) is 0 Å². The van der Waals surface area contributed by atoms with Gasteiger partial charge in [0.05, 0.1) is 23.0 Å². The van der Waals surface area contributed by atoms with E-state index in [-0.39, 0.29) is 68.9 Å². The summed E-state index contributed by atoms with van der Waals surface area (Å²) in [7, 11) is -7.27. The summed E-state index contributed by atoms with van der Waals surface area (Å²) in [6.07, 6.45) is 5.85. The third-order valence-corrected chi connectivity index (χ3v) is 6.84. The van der Waals surface area contributed by atoms with E-state index in [1.165, 1.54) is 49.1 Å². The molecule has 218 valence electrons. The van der Waals surface area contributed by atoms with Crippen LogP contribution >= 0.6 is 0 Å². The van der Waals surface area contributed by atoms with Gasteiger partial charge in [-0.3, -0.25) is 0 Å². The number of sulfonamides is 2. The number of aliphatic hydroxyl groups is 2. The first-order chi connectivity index (χ1) is 18.1. The van der Waals surface area contributed by atoms with Crippen molar-refractivity contribution in [1.29, 1.82) is 0 Å². The molecule has 0 saturated carbocycles. The summed E-state index contributed by atoms with van der Waals surface area (Å²) >= 11 is 0. The Morgan fingerprint density at radius 2 is 0.850 bits per heavy atom. The number of aromatic nitrogens is 4. The van der Waals surface area contributed by atoms with Crippen LogP contribution in [0.4, 0.5) is 23.3 Å². The van der Waals surface area contributed by atoms with Crippen LogP contribution in [0, 0.1) is 0 Å². The van der Waals surface area contributed by atoms with Crippen molar-refractivity contribution >= 4 is 43.3 Å². The van der Waals surface area contributed by atoms with Gasteiger partial charge < -0.3 is 55.6 Å². The molecule has 0 aliphatic rings. The Morgan fingerprint density at radius 3 is 1.10 bits per heavy atom. The molecule has 0 spiro atoms. The van der Waals surface area contributed by atoms with Crippen LogP contribution in [0.15, 0.2) is 95.2 Å². The number of aliphatic hydroxyl groups excluding tert-OH is 2. The Morgan fingerprint density at radius 1 is 0.575 bits per heavy atom. The zero-order valence-corrected chi connectivity index (χ0v) is 25.6. The molecular formula is C22H28Br2N8O6S2. The smallest absolute Gasteiger partial charge is 0.264 e. The Labute approximate surface area is 252 Å². The molecule has 0 unspecified atom stereocenters. The highest BCUT2D eigenvalue weighted by Crippen LogP contribution is 2.14. The van der Waals surface area contributed by atoms with E-state index in [0.29, 0.717) is 0 Å². The summed E-state index contributed by atoms with van der Waals surface area (Å²) < 4.78 is 52.2. The third kappa shape index (κ3) is 12.8. The largest absolute Gasteiger partial charge is 1.00 e. The van der Waals surface area contributed by atoms with E-state index in [4.69, 9.17) is 10.2 Å². The number of hydrogen-bond acceptors (Lipinski definition) is 10. The van der Waals surface area contributed by atoms with Crippen LogP contribution in [-0.4, -0.2) is 60.2 Å². The lowest BCUT2D eigenvalue weighted by atomic mass is 10.3. The summed E-state index contributed by atoms with van der Waals surface area (Å²) in [5, 5.41) is 15.2. The first kappa shape index (κ1) is 36.9. The van der Waals surface area contributed by atoms with Gasteiger partial charge in [-0.25, -0.2) is 46.2 Å². The zero-order chi connectivity index (χ0) is 28.0. The fourth-order valence-electron chi connectivity index (χ4n) is 2.40. The molecule has 0 atom stereocenters. The molecule has 0 saturated heterocycles. The number of halogens is 2. The lowest BCUT2D eigenvalue weighted by Crippen LogP contribution is -3.00. The van der Waals surface area contributed by atoms with Crippen molar-refractivity contribution < 1.29 is 72.5 Å². The van der Waals surface area contributed by atoms with E-state index < -0.39 is 20.0 Å². The monoisotopic (exact) mass is 722 g/mol. The highest BCUT2D eigenvalue weighted by molar-refractivity contribution is 7.93. The van der Waals surface area contributed by atoms with Gasteiger partial charge in [-0.1, -0.05) is 0 Å². The minimum absolute atomic E-state index is 0. The van der Waals surface area contributed by atoms with Crippen molar-refractivity contribution in [1.82, 2.24) is 19.9 Å². The summed E-state index contributed by atoms with van der Waals surface area (Å²) in [5.74, 6) is 0.0948. The molecule has 4 rings (SSSR count). The van der Waals surface area contributed by atoms with Crippen molar-refractivity contribution in [3.63, 3.8) is 0 Å². The van der Waals surface area contributed by atoms with Gasteiger partial charge in [-0.15, -0.1) is 0 Å². The van der Waals surface area contributed by atoms with E-state index in [2.05, 4.69) is 40.8 Å². The van der Waals surface area contributed by atoms with E-state index in [1.807, 2.05) is 0 Å². The summed E-state index contributed by atoms with van der Waals surface area (Å²) in [6.45, 7) is -0.250. The fraction of sp³-hybridized carbons (Fsp3) is 0.0909.